The maximum Gasteiger partial charge on any atom is 0.320 e. The predicted octanol–water partition coefficient (Wildman–Crippen LogP) is 3.82. The maximum absolute atomic E-state index is 11.7. The summed E-state index contributed by atoms with van der Waals surface area (Å²) in [4.78, 5) is 46.4. The van der Waals surface area contributed by atoms with Crippen LogP contribution in [0.1, 0.15) is 94.4 Å². The van der Waals surface area contributed by atoms with E-state index in [0.29, 0.717) is 5.92 Å². The molecular formula is C31H66N4O7. The molecule has 1 heterocycles. The number of nitrogens with two attached hydrogens (primary N) is 1. The van der Waals surface area contributed by atoms with Gasteiger partial charge in [-0.2, -0.15) is 0 Å². The molecule has 1 saturated heterocycles. The number of carbonyl (C=O) groups excluding carboxylic acids is 3. The van der Waals surface area contributed by atoms with E-state index in [2.05, 4.69) is 39.9 Å². The second kappa shape index (κ2) is 30.4. The molecule has 0 aromatic rings. The van der Waals surface area contributed by atoms with Crippen molar-refractivity contribution in [3.8, 4) is 0 Å². The van der Waals surface area contributed by atoms with Crippen molar-refractivity contribution in [2.24, 2.45) is 17.6 Å². The number of aldehydes is 1. The van der Waals surface area contributed by atoms with Crippen molar-refractivity contribution in [1.82, 2.24) is 15.1 Å². The number of nitrogens with one attached hydrogen (secondary N) is 1. The molecule has 0 aromatic heterocycles. The third-order valence-corrected chi connectivity index (χ3v) is 6.99. The van der Waals surface area contributed by atoms with Crippen LogP contribution in [0.5, 0.6) is 0 Å². The third kappa shape index (κ3) is 19.2. The normalized spacial score (nSPS) is 17.8. The van der Waals surface area contributed by atoms with Gasteiger partial charge < -0.3 is 40.2 Å². The van der Waals surface area contributed by atoms with Crippen molar-refractivity contribution < 1.29 is 33.8 Å². The van der Waals surface area contributed by atoms with E-state index in [1.54, 1.807) is 38.0 Å². The minimum Gasteiger partial charge on any atom is -0.480 e. The van der Waals surface area contributed by atoms with E-state index in [4.69, 9.17) is 20.3 Å². The van der Waals surface area contributed by atoms with E-state index >= 15 is 0 Å². The Bertz CT molecular complexity index is 665. The number of methoxy groups -OCH3 is 2. The Hall–Kier alpha value is -2.08. The monoisotopic (exact) mass is 606 g/mol. The maximum atomic E-state index is 11.7. The highest BCUT2D eigenvalue weighted by Crippen LogP contribution is 2.24. The minimum atomic E-state index is -0.817. The first kappa shape index (κ1) is 46.9. The molecule has 1 fully saturated rings. The number of amides is 2. The number of ether oxygens (including phenoxy) is 2. The van der Waals surface area contributed by atoms with Crippen LogP contribution in [0.4, 0.5) is 0 Å². The lowest BCUT2D eigenvalue weighted by Gasteiger charge is -2.37. The molecule has 11 nitrogen and oxygen atoms in total. The Morgan fingerprint density at radius 3 is 1.88 bits per heavy atom. The lowest BCUT2D eigenvalue weighted by atomic mass is 9.91. The fourth-order valence-electron chi connectivity index (χ4n) is 4.32. The van der Waals surface area contributed by atoms with Crippen molar-refractivity contribution in [2.75, 3.05) is 41.4 Å². The number of hydrogen-bond acceptors (Lipinski definition) is 8. The molecule has 252 valence electrons. The highest BCUT2D eigenvalue weighted by Gasteiger charge is 2.34. The quantitative estimate of drug-likeness (QED) is 0.251. The van der Waals surface area contributed by atoms with E-state index in [1.807, 2.05) is 27.8 Å². The van der Waals surface area contributed by atoms with Crippen molar-refractivity contribution in [3.05, 3.63) is 0 Å². The van der Waals surface area contributed by atoms with E-state index < -0.39 is 12.0 Å². The zero-order valence-electron chi connectivity index (χ0n) is 29.0. The smallest absolute Gasteiger partial charge is 0.320 e. The molecule has 1 aliphatic rings. The van der Waals surface area contributed by atoms with Gasteiger partial charge in [0.25, 0.3) is 0 Å². The van der Waals surface area contributed by atoms with Crippen LogP contribution in [-0.2, 0) is 28.7 Å². The first-order valence-corrected chi connectivity index (χ1v) is 15.4. The van der Waals surface area contributed by atoms with E-state index in [0.717, 1.165) is 44.9 Å². The minimum absolute atomic E-state index is 0.0270. The summed E-state index contributed by atoms with van der Waals surface area (Å²) in [6.07, 6.45) is 6.73. The molecule has 7 atom stereocenters. The van der Waals surface area contributed by atoms with E-state index in [1.165, 1.54) is 6.42 Å². The number of rotatable bonds is 14. The summed E-state index contributed by atoms with van der Waals surface area (Å²) < 4.78 is 10.8. The number of likely N-dealkylation sites (tertiary alicyclic amines) is 1. The van der Waals surface area contributed by atoms with Crippen LogP contribution in [0, 0.1) is 11.8 Å². The highest BCUT2D eigenvalue weighted by molar-refractivity contribution is 5.78. The topological polar surface area (TPSA) is 152 Å². The van der Waals surface area contributed by atoms with E-state index in [-0.39, 0.29) is 42.7 Å². The fourth-order valence-corrected chi connectivity index (χ4v) is 4.32. The lowest BCUT2D eigenvalue weighted by molar-refractivity contribution is -0.139. The highest BCUT2D eigenvalue weighted by atomic mass is 16.5. The van der Waals surface area contributed by atoms with Crippen molar-refractivity contribution in [3.63, 3.8) is 0 Å². The lowest BCUT2D eigenvalue weighted by Crippen LogP contribution is -2.50. The second-order valence-electron chi connectivity index (χ2n) is 10.1. The molecule has 0 radical (unpaired) electrons. The van der Waals surface area contributed by atoms with Gasteiger partial charge in [0.05, 0.1) is 30.8 Å². The van der Waals surface area contributed by atoms with Gasteiger partial charge in [-0.05, 0) is 39.2 Å². The van der Waals surface area contributed by atoms with Crippen molar-refractivity contribution in [2.45, 2.75) is 125 Å². The van der Waals surface area contributed by atoms with Crippen LogP contribution in [0.3, 0.4) is 0 Å². The molecule has 1 rings (SSSR count). The number of carboxylic acid groups (broad SMARTS) is 1. The summed E-state index contributed by atoms with van der Waals surface area (Å²) in [5, 5.41) is 10.7. The van der Waals surface area contributed by atoms with Gasteiger partial charge in [-0.15, -0.1) is 0 Å². The van der Waals surface area contributed by atoms with Gasteiger partial charge in [0.15, 0.2) is 0 Å². The molecule has 0 saturated carbocycles. The van der Waals surface area contributed by atoms with Gasteiger partial charge in [-0.1, -0.05) is 68.2 Å². The molecule has 4 N–H and O–H groups in total. The number of carbonyl (C=O) groups is 4. The second-order valence-corrected chi connectivity index (χ2v) is 10.1. The van der Waals surface area contributed by atoms with Gasteiger partial charge in [-0.3, -0.25) is 14.4 Å². The molecule has 0 aromatic carbocycles. The standard InChI is InChI=1S/C12H26N2O2.C10H17NO3.C4H9NO2.C3H8.C2H6/c1-6-9(3)12(10(7-2)16-5)14(4)11(15)8-13;1-8(6-12)10(14-2)9-4-3-5-11(9)7-13;1-3(5-2)4(6)7;1-3-2;1-2/h9-10,12H,6-8,13H2,1-5H3;6-10H,3-5H2,1-2H3;3,5H,1-2H3,(H,6,7);3H2,1-2H3;1-2H3/t;;3-;;/m..0../s1. The SMILES string of the molecule is CC.CCC.CCC(C)C(C(CC)OC)N(C)C(=O)CN.CN[C@@H](C)C(=O)O.COC(C(C)C=O)C1CCCN1C=O. The fraction of sp³-hybridized carbons (Fsp3) is 0.871. The molecule has 0 aliphatic carbocycles. The first-order chi connectivity index (χ1) is 19.9. The number of nitrogens with zero attached hydrogens (tertiary/aromatic N) is 2. The molecule has 2 amide bonds. The van der Waals surface area contributed by atoms with Crippen LogP contribution in [0.15, 0.2) is 0 Å². The number of carboxylic acids is 1. The first-order valence-electron chi connectivity index (χ1n) is 15.4. The van der Waals surface area contributed by atoms with Gasteiger partial charge >= 0.3 is 5.97 Å². The summed E-state index contributed by atoms with van der Waals surface area (Å²) >= 11 is 0. The van der Waals surface area contributed by atoms with Crippen LogP contribution in [0.25, 0.3) is 0 Å². The summed E-state index contributed by atoms with van der Waals surface area (Å²) in [5.74, 6) is -0.598. The molecule has 1 aliphatic heterocycles. The average Bonchev–Trinajstić information content (AvgIpc) is 3.48. The summed E-state index contributed by atoms with van der Waals surface area (Å²) in [6, 6.07) is -0.256. The zero-order chi connectivity index (χ0) is 33.8. The van der Waals surface area contributed by atoms with Crippen LogP contribution in [0.2, 0.25) is 0 Å². The average molecular weight is 607 g/mol. The summed E-state index contributed by atoms with van der Waals surface area (Å²) in [5.41, 5.74) is 5.40. The number of aliphatic carboxylic acids is 1. The molecule has 6 unspecified atom stereocenters. The Labute approximate surface area is 257 Å². The Balaban J connectivity index is -0.000000252. The Kier molecular flexibility index (Phi) is 33.9. The van der Waals surface area contributed by atoms with Gasteiger partial charge in [0, 0.05) is 33.7 Å². The van der Waals surface area contributed by atoms with Gasteiger partial charge in [0.2, 0.25) is 12.3 Å². The molecule has 42 heavy (non-hydrogen) atoms. The third-order valence-electron chi connectivity index (χ3n) is 6.99. The van der Waals surface area contributed by atoms with Crippen molar-refractivity contribution in [1.29, 1.82) is 0 Å². The van der Waals surface area contributed by atoms with Crippen molar-refractivity contribution >= 4 is 24.6 Å². The Morgan fingerprint density at radius 2 is 1.60 bits per heavy atom. The van der Waals surface area contributed by atoms with Crippen LogP contribution >= 0.6 is 0 Å². The number of likely N-dealkylation sites (N-methyl/N-ethyl adjacent to an activating group) is 2. The zero-order valence-corrected chi connectivity index (χ0v) is 29.0. The van der Waals surface area contributed by atoms with Gasteiger partial charge in [-0.25, -0.2) is 0 Å². The predicted molar refractivity (Wildman–Crippen MR) is 171 cm³/mol. The Morgan fingerprint density at radius 1 is 1.07 bits per heavy atom. The molecule has 0 bridgehead atoms. The molecular weight excluding hydrogens is 540 g/mol. The molecule has 11 heteroatoms. The summed E-state index contributed by atoms with van der Waals surface area (Å²) in [6.45, 7) is 18.8. The molecule has 0 spiro atoms. The van der Waals surface area contributed by atoms with Crippen LogP contribution < -0.4 is 11.1 Å². The summed E-state index contributed by atoms with van der Waals surface area (Å²) in [7, 11) is 6.71. The van der Waals surface area contributed by atoms with Crippen LogP contribution in [-0.4, -0.2) is 111 Å². The van der Waals surface area contributed by atoms with E-state index in [9.17, 15) is 19.2 Å². The van der Waals surface area contributed by atoms with Gasteiger partial charge in [0.1, 0.15) is 12.3 Å². The largest absolute Gasteiger partial charge is 0.480 e. The number of hydrogen-bond donors (Lipinski definition) is 3.